The minimum absolute atomic E-state index is 0.0890. The maximum Gasteiger partial charge on any atom is 0.336 e. The number of aromatic carboxylic acids is 1. The number of nitriles is 2. The van der Waals surface area contributed by atoms with Crippen LogP contribution in [-0.2, 0) is 0 Å². The van der Waals surface area contributed by atoms with E-state index in [9.17, 15) is 20.4 Å². The summed E-state index contributed by atoms with van der Waals surface area (Å²) in [6, 6.07) is 14.3. The number of benzene rings is 1. The first-order chi connectivity index (χ1) is 14.9. The van der Waals surface area contributed by atoms with Crippen LogP contribution in [0.15, 0.2) is 46.4 Å². The molecule has 150 valence electrons. The molecular formula is C24H16N4O3. The Balaban J connectivity index is 1.88. The van der Waals surface area contributed by atoms with Crippen molar-refractivity contribution in [2.24, 2.45) is 0 Å². The summed E-state index contributed by atoms with van der Waals surface area (Å²) >= 11 is 0. The summed E-state index contributed by atoms with van der Waals surface area (Å²) in [6.07, 6.45) is 1.76. The predicted molar refractivity (Wildman–Crippen MR) is 115 cm³/mol. The van der Waals surface area contributed by atoms with Crippen LogP contribution >= 0.6 is 0 Å². The third-order valence-electron chi connectivity index (χ3n) is 5.32. The van der Waals surface area contributed by atoms with Crippen LogP contribution in [0.5, 0.6) is 0 Å². The SMILES string of the molecule is CC1=C(C#N)c2nc(N)c(C#N)c(C)c2C1=Cc1ccc(-c2ccccc2C(=O)O)o1. The Morgan fingerprint density at radius 2 is 1.90 bits per heavy atom. The fourth-order valence-electron chi connectivity index (χ4n) is 3.80. The molecule has 3 aromatic rings. The number of hydrogen-bond donors (Lipinski definition) is 2. The highest BCUT2D eigenvalue weighted by Gasteiger charge is 2.30. The van der Waals surface area contributed by atoms with Gasteiger partial charge in [-0.25, -0.2) is 9.78 Å². The molecular weight excluding hydrogens is 392 g/mol. The van der Waals surface area contributed by atoms with Crippen LogP contribution < -0.4 is 5.73 Å². The van der Waals surface area contributed by atoms with E-state index in [0.29, 0.717) is 50.6 Å². The van der Waals surface area contributed by atoms with E-state index in [-0.39, 0.29) is 16.9 Å². The second-order valence-electron chi connectivity index (χ2n) is 7.06. The largest absolute Gasteiger partial charge is 0.478 e. The lowest BCUT2D eigenvalue weighted by atomic mass is 9.96. The number of furan rings is 1. The van der Waals surface area contributed by atoms with E-state index < -0.39 is 5.97 Å². The van der Waals surface area contributed by atoms with Crippen molar-refractivity contribution in [3.8, 4) is 23.5 Å². The molecule has 0 amide bonds. The van der Waals surface area contributed by atoms with Crippen molar-refractivity contribution in [3.63, 3.8) is 0 Å². The Bertz CT molecular complexity index is 1410. The van der Waals surface area contributed by atoms with Crippen molar-refractivity contribution in [2.75, 3.05) is 5.73 Å². The van der Waals surface area contributed by atoms with E-state index in [2.05, 4.69) is 17.1 Å². The van der Waals surface area contributed by atoms with Crippen LogP contribution in [0.25, 0.3) is 28.5 Å². The monoisotopic (exact) mass is 408 g/mol. The van der Waals surface area contributed by atoms with Crippen LogP contribution in [0, 0.1) is 29.6 Å². The number of carboxylic acid groups (broad SMARTS) is 1. The Morgan fingerprint density at radius 3 is 2.58 bits per heavy atom. The lowest BCUT2D eigenvalue weighted by Gasteiger charge is -2.10. The van der Waals surface area contributed by atoms with Crippen molar-refractivity contribution in [2.45, 2.75) is 13.8 Å². The van der Waals surface area contributed by atoms with Gasteiger partial charge in [-0.15, -0.1) is 0 Å². The summed E-state index contributed by atoms with van der Waals surface area (Å²) in [6.45, 7) is 3.57. The second-order valence-corrected chi connectivity index (χ2v) is 7.06. The summed E-state index contributed by atoms with van der Waals surface area (Å²) in [5, 5.41) is 28.5. The number of fused-ring (bicyclic) bond motifs is 1. The molecule has 0 spiro atoms. The molecule has 0 atom stereocenters. The molecule has 7 heteroatoms. The van der Waals surface area contributed by atoms with Gasteiger partial charge >= 0.3 is 5.97 Å². The Kier molecular flexibility index (Phi) is 4.65. The van der Waals surface area contributed by atoms with E-state index >= 15 is 0 Å². The molecule has 1 aliphatic carbocycles. The topological polar surface area (TPSA) is 137 Å². The first-order valence-electron chi connectivity index (χ1n) is 9.33. The number of nitrogens with zero attached hydrogens (tertiary/aromatic N) is 3. The van der Waals surface area contributed by atoms with Gasteiger partial charge in [-0.1, -0.05) is 18.2 Å². The molecule has 0 unspecified atom stereocenters. The van der Waals surface area contributed by atoms with Gasteiger partial charge in [0, 0.05) is 11.1 Å². The van der Waals surface area contributed by atoms with Gasteiger partial charge in [-0.2, -0.15) is 10.5 Å². The summed E-state index contributed by atoms with van der Waals surface area (Å²) in [5.74, 6) is -0.0667. The smallest absolute Gasteiger partial charge is 0.336 e. The van der Waals surface area contributed by atoms with Crippen molar-refractivity contribution in [3.05, 3.63) is 75.7 Å². The number of nitrogens with two attached hydrogens (primary N) is 1. The molecule has 0 bridgehead atoms. The van der Waals surface area contributed by atoms with Gasteiger partial charge in [-0.3, -0.25) is 0 Å². The molecule has 2 aromatic heterocycles. The first kappa shape index (κ1) is 19.7. The van der Waals surface area contributed by atoms with Crippen LogP contribution in [0.4, 0.5) is 5.82 Å². The maximum atomic E-state index is 11.5. The standard InChI is InChI=1S/C24H16N4O3/c1-12-17(21-13(2)19(11-26)23(27)28-22(21)18(12)10-25)9-14-7-8-20(31-14)15-5-3-4-6-16(15)24(29)30/h3-9H,1-2H3,(H2,27,28)(H,29,30). The summed E-state index contributed by atoms with van der Waals surface area (Å²) in [7, 11) is 0. The number of rotatable bonds is 3. The summed E-state index contributed by atoms with van der Waals surface area (Å²) in [4.78, 5) is 15.8. The third kappa shape index (κ3) is 3.06. The highest BCUT2D eigenvalue weighted by Crippen LogP contribution is 2.44. The molecule has 2 heterocycles. The number of pyridine rings is 1. The molecule has 3 N–H and O–H groups in total. The molecule has 1 aliphatic rings. The first-order valence-corrected chi connectivity index (χ1v) is 9.33. The minimum atomic E-state index is -1.04. The van der Waals surface area contributed by atoms with E-state index in [1.54, 1.807) is 50.3 Å². The number of hydrogen-bond acceptors (Lipinski definition) is 6. The van der Waals surface area contributed by atoms with Gasteiger partial charge in [0.2, 0.25) is 0 Å². The van der Waals surface area contributed by atoms with Gasteiger partial charge in [0.1, 0.15) is 29.5 Å². The van der Waals surface area contributed by atoms with Gasteiger partial charge in [0.15, 0.2) is 0 Å². The quantitative estimate of drug-likeness (QED) is 0.643. The Morgan fingerprint density at radius 1 is 1.16 bits per heavy atom. The number of carbonyl (C=O) groups is 1. The molecule has 1 aromatic carbocycles. The summed E-state index contributed by atoms with van der Waals surface area (Å²) < 4.78 is 5.92. The fraction of sp³-hybridized carbons (Fsp3) is 0.0833. The number of carboxylic acids is 1. The van der Waals surface area contributed by atoms with E-state index in [1.807, 2.05) is 0 Å². The zero-order valence-electron chi connectivity index (χ0n) is 16.7. The normalized spacial score (nSPS) is 13.7. The van der Waals surface area contributed by atoms with Gasteiger partial charge in [0.05, 0.1) is 22.4 Å². The van der Waals surface area contributed by atoms with E-state index in [4.69, 9.17) is 10.2 Å². The lowest BCUT2D eigenvalue weighted by Crippen LogP contribution is -2.03. The number of aromatic nitrogens is 1. The Labute approximate surface area is 178 Å². The van der Waals surface area contributed by atoms with Crippen LogP contribution in [0.2, 0.25) is 0 Å². The van der Waals surface area contributed by atoms with Crippen molar-refractivity contribution in [1.82, 2.24) is 4.98 Å². The maximum absolute atomic E-state index is 11.5. The number of nitrogen functional groups attached to an aromatic ring is 1. The Hall–Kier alpha value is -4.62. The van der Waals surface area contributed by atoms with Gasteiger partial charge in [-0.05, 0) is 54.8 Å². The highest BCUT2D eigenvalue weighted by molar-refractivity contribution is 6.08. The average Bonchev–Trinajstić information content (AvgIpc) is 3.31. The van der Waals surface area contributed by atoms with Crippen molar-refractivity contribution >= 4 is 29.0 Å². The minimum Gasteiger partial charge on any atom is -0.478 e. The number of allylic oxidation sites excluding steroid dienone is 3. The second kappa shape index (κ2) is 7.33. The van der Waals surface area contributed by atoms with Crippen molar-refractivity contribution < 1.29 is 14.3 Å². The van der Waals surface area contributed by atoms with Crippen LogP contribution in [0.1, 0.15) is 45.4 Å². The molecule has 0 aliphatic heterocycles. The van der Waals surface area contributed by atoms with E-state index in [0.717, 1.165) is 0 Å². The fourth-order valence-corrected chi connectivity index (χ4v) is 3.80. The van der Waals surface area contributed by atoms with Gasteiger partial charge < -0.3 is 15.3 Å². The average molecular weight is 408 g/mol. The van der Waals surface area contributed by atoms with E-state index in [1.165, 1.54) is 6.07 Å². The molecule has 0 fully saturated rings. The molecule has 0 radical (unpaired) electrons. The molecule has 0 saturated carbocycles. The molecule has 0 saturated heterocycles. The molecule has 7 nitrogen and oxygen atoms in total. The lowest BCUT2D eigenvalue weighted by molar-refractivity contribution is 0.0697. The number of anilines is 1. The third-order valence-corrected chi connectivity index (χ3v) is 5.32. The summed E-state index contributed by atoms with van der Waals surface area (Å²) in [5.41, 5.74) is 10.4. The molecule has 4 rings (SSSR count). The predicted octanol–water partition coefficient (Wildman–Crippen LogP) is 4.65. The van der Waals surface area contributed by atoms with Crippen LogP contribution in [-0.4, -0.2) is 16.1 Å². The van der Waals surface area contributed by atoms with Crippen LogP contribution in [0.3, 0.4) is 0 Å². The zero-order chi connectivity index (χ0) is 22.3. The zero-order valence-corrected chi connectivity index (χ0v) is 16.7. The van der Waals surface area contributed by atoms with Crippen molar-refractivity contribution in [1.29, 1.82) is 10.5 Å². The highest BCUT2D eigenvalue weighted by atomic mass is 16.4. The molecule has 31 heavy (non-hydrogen) atoms. The van der Waals surface area contributed by atoms with Gasteiger partial charge in [0.25, 0.3) is 0 Å².